The summed E-state index contributed by atoms with van der Waals surface area (Å²) in [5.74, 6) is 0.287. The average molecular weight is 247 g/mol. The molecular formula is C14H21N3O. The Hall–Kier alpha value is -1.55. The Kier molecular flexibility index (Phi) is 4.20. The van der Waals surface area contributed by atoms with Crippen LogP contribution in [-0.4, -0.2) is 29.0 Å². The van der Waals surface area contributed by atoms with Crippen LogP contribution in [0.15, 0.2) is 35.5 Å². The zero-order valence-corrected chi connectivity index (χ0v) is 10.8. The molecule has 2 rings (SSSR count). The van der Waals surface area contributed by atoms with Crippen molar-refractivity contribution in [3.8, 4) is 0 Å². The summed E-state index contributed by atoms with van der Waals surface area (Å²) in [6, 6.07) is 11.1. The molecule has 0 aliphatic heterocycles. The lowest BCUT2D eigenvalue weighted by molar-refractivity contribution is 0.112. The summed E-state index contributed by atoms with van der Waals surface area (Å²) in [6.45, 7) is 0. The molecule has 1 aromatic carbocycles. The predicted molar refractivity (Wildman–Crippen MR) is 72.6 cm³/mol. The maximum Gasteiger partial charge on any atom is 0.141 e. The second-order valence-electron chi connectivity index (χ2n) is 4.97. The van der Waals surface area contributed by atoms with E-state index in [2.05, 4.69) is 29.2 Å². The maximum absolute atomic E-state index is 8.77. The van der Waals surface area contributed by atoms with Crippen molar-refractivity contribution >= 4 is 5.84 Å². The molecule has 0 radical (unpaired) electrons. The van der Waals surface area contributed by atoms with Crippen molar-refractivity contribution in [3.05, 3.63) is 35.9 Å². The monoisotopic (exact) mass is 247 g/mol. The Balaban J connectivity index is 2.16. The van der Waals surface area contributed by atoms with Gasteiger partial charge < -0.3 is 10.9 Å². The molecule has 0 amide bonds. The Morgan fingerprint density at radius 2 is 2.11 bits per heavy atom. The number of nitrogens with zero attached hydrogens (tertiary/aromatic N) is 2. The van der Waals surface area contributed by atoms with Crippen LogP contribution in [0.4, 0.5) is 0 Å². The third kappa shape index (κ3) is 2.82. The van der Waals surface area contributed by atoms with Crippen LogP contribution >= 0.6 is 0 Å². The van der Waals surface area contributed by atoms with E-state index in [1.807, 2.05) is 18.2 Å². The van der Waals surface area contributed by atoms with Gasteiger partial charge >= 0.3 is 0 Å². The summed E-state index contributed by atoms with van der Waals surface area (Å²) in [4.78, 5) is 2.36. The van der Waals surface area contributed by atoms with Crippen molar-refractivity contribution in [2.24, 2.45) is 10.9 Å². The molecule has 3 N–H and O–H groups in total. The van der Waals surface area contributed by atoms with Crippen molar-refractivity contribution in [2.75, 3.05) is 7.05 Å². The van der Waals surface area contributed by atoms with Crippen molar-refractivity contribution in [1.82, 2.24) is 4.90 Å². The zero-order valence-electron chi connectivity index (χ0n) is 10.8. The number of hydrogen-bond donors (Lipinski definition) is 2. The topological polar surface area (TPSA) is 61.8 Å². The molecule has 1 aliphatic carbocycles. The fraction of sp³-hybridized carbons (Fsp3) is 0.500. The van der Waals surface area contributed by atoms with E-state index in [0.29, 0.717) is 12.5 Å². The first-order chi connectivity index (χ1) is 8.72. The quantitative estimate of drug-likeness (QED) is 0.363. The van der Waals surface area contributed by atoms with Crippen LogP contribution in [0, 0.1) is 0 Å². The molecule has 4 heteroatoms. The molecule has 18 heavy (non-hydrogen) atoms. The number of hydrogen-bond acceptors (Lipinski definition) is 3. The normalized spacial score (nSPS) is 18.7. The van der Waals surface area contributed by atoms with Gasteiger partial charge in [-0.05, 0) is 25.5 Å². The van der Waals surface area contributed by atoms with Gasteiger partial charge in [-0.2, -0.15) is 0 Å². The molecule has 1 unspecified atom stereocenters. The second kappa shape index (κ2) is 5.87. The minimum Gasteiger partial charge on any atom is -0.409 e. The SMILES string of the molecule is CN(C1CCC1)C(C/C(N)=N/O)c1ccccc1. The molecular weight excluding hydrogens is 226 g/mol. The standard InChI is InChI=1S/C14H21N3O/c1-17(12-8-5-9-12)13(10-14(15)16-18)11-6-3-2-4-7-11/h2-4,6-7,12-13,18H,5,8-10H2,1H3,(H2,15,16). The van der Waals surface area contributed by atoms with Crippen LogP contribution in [-0.2, 0) is 0 Å². The molecule has 1 aromatic rings. The van der Waals surface area contributed by atoms with Gasteiger partial charge in [0.15, 0.2) is 0 Å². The van der Waals surface area contributed by atoms with Gasteiger partial charge in [-0.3, -0.25) is 4.90 Å². The van der Waals surface area contributed by atoms with Gasteiger partial charge in [0.1, 0.15) is 5.84 Å². The summed E-state index contributed by atoms with van der Waals surface area (Å²) in [6.07, 6.45) is 4.36. The fourth-order valence-corrected chi connectivity index (χ4v) is 2.46. The molecule has 4 nitrogen and oxygen atoms in total. The van der Waals surface area contributed by atoms with Gasteiger partial charge in [0.05, 0.1) is 0 Å². The summed E-state index contributed by atoms with van der Waals surface area (Å²) in [5, 5.41) is 11.9. The van der Waals surface area contributed by atoms with Crippen LogP contribution < -0.4 is 5.73 Å². The first-order valence-electron chi connectivity index (χ1n) is 6.45. The van der Waals surface area contributed by atoms with E-state index >= 15 is 0 Å². The fourth-order valence-electron chi connectivity index (χ4n) is 2.46. The van der Waals surface area contributed by atoms with Crippen LogP contribution in [0.2, 0.25) is 0 Å². The van der Waals surface area contributed by atoms with Gasteiger partial charge in [-0.15, -0.1) is 0 Å². The number of nitrogens with two attached hydrogens (primary N) is 1. The summed E-state index contributed by atoms with van der Waals surface area (Å²) in [5.41, 5.74) is 6.90. The molecule has 1 atom stereocenters. The van der Waals surface area contributed by atoms with E-state index in [1.54, 1.807) is 0 Å². The van der Waals surface area contributed by atoms with Crippen LogP contribution in [0.25, 0.3) is 0 Å². The largest absolute Gasteiger partial charge is 0.409 e. The van der Waals surface area contributed by atoms with Gasteiger partial charge in [0.2, 0.25) is 0 Å². The number of oxime groups is 1. The zero-order chi connectivity index (χ0) is 13.0. The highest BCUT2D eigenvalue weighted by Crippen LogP contribution is 2.32. The van der Waals surface area contributed by atoms with Gasteiger partial charge in [0.25, 0.3) is 0 Å². The van der Waals surface area contributed by atoms with E-state index in [9.17, 15) is 0 Å². The average Bonchev–Trinajstić information content (AvgIpc) is 2.34. The molecule has 0 bridgehead atoms. The molecule has 0 spiro atoms. The van der Waals surface area contributed by atoms with E-state index < -0.39 is 0 Å². The number of rotatable bonds is 5. The van der Waals surface area contributed by atoms with Gasteiger partial charge in [-0.1, -0.05) is 41.9 Å². The van der Waals surface area contributed by atoms with Crippen LogP contribution in [0.5, 0.6) is 0 Å². The van der Waals surface area contributed by atoms with E-state index in [1.165, 1.54) is 24.8 Å². The van der Waals surface area contributed by atoms with Gasteiger partial charge in [-0.25, -0.2) is 0 Å². The minimum atomic E-state index is 0.187. The molecule has 0 saturated heterocycles. The van der Waals surface area contributed by atoms with E-state index in [-0.39, 0.29) is 11.9 Å². The molecule has 1 saturated carbocycles. The summed E-state index contributed by atoms with van der Waals surface area (Å²) in [7, 11) is 2.13. The number of amidine groups is 1. The minimum absolute atomic E-state index is 0.187. The first-order valence-corrected chi connectivity index (χ1v) is 6.45. The van der Waals surface area contributed by atoms with Crippen LogP contribution in [0.3, 0.4) is 0 Å². The highest BCUT2D eigenvalue weighted by atomic mass is 16.4. The Morgan fingerprint density at radius 3 is 2.61 bits per heavy atom. The molecule has 1 aliphatic rings. The van der Waals surface area contributed by atoms with Crippen molar-refractivity contribution in [3.63, 3.8) is 0 Å². The smallest absolute Gasteiger partial charge is 0.141 e. The van der Waals surface area contributed by atoms with E-state index in [0.717, 1.165) is 0 Å². The lowest BCUT2D eigenvalue weighted by atomic mass is 9.89. The molecule has 98 valence electrons. The highest BCUT2D eigenvalue weighted by Gasteiger charge is 2.28. The van der Waals surface area contributed by atoms with Crippen molar-refractivity contribution in [2.45, 2.75) is 37.8 Å². The maximum atomic E-state index is 8.77. The lowest BCUT2D eigenvalue weighted by Gasteiger charge is -2.40. The lowest BCUT2D eigenvalue weighted by Crippen LogP contribution is -2.41. The van der Waals surface area contributed by atoms with Gasteiger partial charge in [0, 0.05) is 18.5 Å². The third-order valence-corrected chi connectivity index (χ3v) is 3.86. The Labute approximate surface area is 108 Å². The van der Waals surface area contributed by atoms with Crippen LogP contribution in [0.1, 0.15) is 37.3 Å². The van der Waals surface area contributed by atoms with Crippen molar-refractivity contribution in [1.29, 1.82) is 0 Å². The predicted octanol–water partition coefficient (Wildman–Crippen LogP) is 2.35. The molecule has 0 aromatic heterocycles. The highest BCUT2D eigenvalue weighted by molar-refractivity contribution is 5.80. The third-order valence-electron chi connectivity index (χ3n) is 3.86. The molecule has 0 heterocycles. The Morgan fingerprint density at radius 1 is 1.44 bits per heavy atom. The molecule has 1 fully saturated rings. The summed E-state index contributed by atoms with van der Waals surface area (Å²) >= 11 is 0. The van der Waals surface area contributed by atoms with E-state index in [4.69, 9.17) is 10.9 Å². The Bertz CT molecular complexity index is 401. The summed E-state index contributed by atoms with van der Waals surface area (Å²) < 4.78 is 0. The number of benzene rings is 1. The second-order valence-corrected chi connectivity index (χ2v) is 4.97. The van der Waals surface area contributed by atoms with Crippen molar-refractivity contribution < 1.29 is 5.21 Å². The first kappa shape index (κ1) is 12.9.